The van der Waals surface area contributed by atoms with E-state index in [1.807, 2.05) is 0 Å². The molecule has 27 heavy (non-hydrogen) atoms. The summed E-state index contributed by atoms with van der Waals surface area (Å²) in [5.74, 6) is 0.149. The van der Waals surface area contributed by atoms with E-state index in [0.717, 1.165) is 40.9 Å². The first-order chi connectivity index (χ1) is 12.6. The highest BCUT2D eigenvalue weighted by Gasteiger charge is 2.46. The Morgan fingerprint density at radius 1 is 0.778 bits per heavy atom. The minimum absolute atomic E-state index is 0.0486. The summed E-state index contributed by atoms with van der Waals surface area (Å²) in [6.45, 7) is 10.7. The molecule has 0 saturated heterocycles. The van der Waals surface area contributed by atoms with Gasteiger partial charge in [-0.2, -0.15) is 0 Å². The zero-order valence-corrected chi connectivity index (χ0v) is 17.0. The van der Waals surface area contributed by atoms with Gasteiger partial charge in [0, 0.05) is 41.3 Å². The van der Waals surface area contributed by atoms with Crippen molar-refractivity contribution in [2.75, 3.05) is 0 Å². The van der Waals surface area contributed by atoms with Gasteiger partial charge in [-0.15, -0.1) is 0 Å². The summed E-state index contributed by atoms with van der Waals surface area (Å²) < 4.78 is 0. The summed E-state index contributed by atoms with van der Waals surface area (Å²) in [7, 11) is 0. The highest BCUT2D eigenvalue weighted by molar-refractivity contribution is 6.06. The molecule has 3 nitrogen and oxygen atoms in total. The van der Waals surface area contributed by atoms with Crippen LogP contribution in [0.5, 0.6) is 0 Å². The molecular formula is C24H29NO2. The van der Waals surface area contributed by atoms with Crippen LogP contribution in [0.2, 0.25) is 0 Å². The van der Waals surface area contributed by atoms with E-state index in [4.69, 9.17) is 0 Å². The van der Waals surface area contributed by atoms with Gasteiger partial charge in [0.15, 0.2) is 11.6 Å². The molecule has 0 fully saturated rings. The van der Waals surface area contributed by atoms with Gasteiger partial charge in [-0.1, -0.05) is 57.5 Å². The van der Waals surface area contributed by atoms with Crippen molar-refractivity contribution in [1.29, 1.82) is 0 Å². The molecule has 1 aromatic carbocycles. The van der Waals surface area contributed by atoms with Crippen LogP contribution in [0.15, 0.2) is 46.8 Å². The number of benzene rings is 1. The number of allylic oxidation sites excluding steroid dienone is 4. The topological polar surface area (TPSA) is 46.2 Å². The molecule has 0 atom stereocenters. The first-order valence-electron chi connectivity index (χ1n) is 9.92. The molecule has 3 heteroatoms. The van der Waals surface area contributed by atoms with Crippen LogP contribution in [-0.4, -0.2) is 11.6 Å². The van der Waals surface area contributed by atoms with E-state index in [-0.39, 0.29) is 28.3 Å². The Hall–Kier alpha value is -2.16. The van der Waals surface area contributed by atoms with Gasteiger partial charge in [0.1, 0.15) is 0 Å². The van der Waals surface area contributed by atoms with Crippen LogP contribution < -0.4 is 5.32 Å². The number of aryl methyl sites for hydroxylation is 1. The van der Waals surface area contributed by atoms with Crippen molar-refractivity contribution < 1.29 is 9.59 Å². The number of dihydropyridines is 1. The number of Topliss-reactive ketones (excluding diaryl/α,β-unsaturated/α-hetero) is 2. The SMILES string of the molecule is Cc1ccc(C2C3=C(CC(C)(C)CC3=O)NC3=C2C(=O)CC(C)(C)C3)cc1. The summed E-state index contributed by atoms with van der Waals surface area (Å²) in [6.07, 6.45) is 2.78. The van der Waals surface area contributed by atoms with Crippen molar-refractivity contribution in [1.82, 2.24) is 5.32 Å². The van der Waals surface area contributed by atoms with E-state index < -0.39 is 0 Å². The van der Waals surface area contributed by atoms with E-state index in [1.165, 1.54) is 5.56 Å². The second kappa shape index (κ2) is 5.92. The maximum Gasteiger partial charge on any atom is 0.162 e. The van der Waals surface area contributed by atoms with E-state index in [0.29, 0.717) is 12.8 Å². The maximum atomic E-state index is 13.2. The van der Waals surface area contributed by atoms with E-state index in [2.05, 4.69) is 64.2 Å². The molecule has 142 valence electrons. The molecule has 2 aliphatic carbocycles. The standard InChI is InChI=1S/C24H29NO2/c1-14-6-8-15(9-7-14)20-21-16(10-23(2,3)12-18(21)26)25-17-11-24(4,5)13-19(27)22(17)20/h6-9,20,25H,10-13H2,1-5H3. The van der Waals surface area contributed by atoms with Gasteiger partial charge in [0.05, 0.1) is 0 Å². The molecule has 4 rings (SSSR count). The monoisotopic (exact) mass is 363 g/mol. The first-order valence-corrected chi connectivity index (χ1v) is 9.92. The van der Waals surface area contributed by atoms with E-state index >= 15 is 0 Å². The third-order valence-electron chi connectivity index (χ3n) is 6.13. The third-order valence-corrected chi connectivity index (χ3v) is 6.13. The van der Waals surface area contributed by atoms with Crippen molar-refractivity contribution in [3.05, 3.63) is 57.9 Å². The highest BCUT2D eigenvalue weighted by atomic mass is 16.1. The summed E-state index contributed by atoms with van der Waals surface area (Å²) in [6, 6.07) is 8.32. The molecule has 0 aromatic heterocycles. The van der Waals surface area contributed by atoms with Gasteiger partial charge in [-0.05, 0) is 36.2 Å². The molecular weight excluding hydrogens is 334 g/mol. The van der Waals surface area contributed by atoms with E-state index in [1.54, 1.807) is 0 Å². The molecule has 0 radical (unpaired) electrons. The lowest BCUT2D eigenvalue weighted by Crippen LogP contribution is -2.42. The number of nitrogens with one attached hydrogen (secondary N) is 1. The van der Waals surface area contributed by atoms with Crippen LogP contribution in [0.4, 0.5) is 0 Å². The highest BCUT2D eigenvalue weighted by Crippen LogP contribution is 2.50. The lowest BCUT2D eigenvalue weighted by Gasteiger charge is -2.44. The fourth-order valence-corrected chi connectivity index (χ4v) is 4.98. The van der Waals surface area contributed by atoms with Crippen LogP contribution in [-0.2, 0) is 9.59 Å². The van der Waals surface area contributed by atoms with Gasteiger partial charge in [0.25, 0.3) is 0 Å². The molecule has 1 heterocycles. The molecule has 0 saturated carbocycles. The zero-order chi connectivity index (χ0) is 19.6. The molecule has 0 bridgehead atoms. The van der Waals surface area contributed by atoms with Gasteiger partial charge in [-0.25, -0.2) is 0 Å². The summed E-state index contributed by atoms with van der Waals surface area (Å²) in [5, 5.41) is 3.56. The predicted octanol–water partition coefficient (Wildman–Crippen LogP) is 4.97. The fraction of sp³-hybridized carbons (Fsp3) is 0.500. The molecule has 1 aromatic rings. The molecule has 0 unspecified atom stereocenters. The Bertz CT molecular complexity index is 845. The predicted molar refractivity (Wildman–Crippen MR) is 107 cm³/mol. The molecule has 3 aliphatic rings. The minimum Gasteiger partial charge on any atom is -0.362 e. The third kappa shape index (κ3) is 3.18. The van der Waals surface area contributed by atoms with Crippen LogP contribution in [0.1, 0.15) is 70.4 Å². The van der Waals surface area contributed by atoms with Crippen LogP contribution >= 0.6 is 0 Å². The quantitative estimate of drug-likeness (QED) is 0.766. The Labute approximate surface area is 161 Å². The van der Waals surface area contributed by atoms with Gasteiger partial charge < -0.3 is 5.32 Å². The number of ketones is 2. The average molecular weight is 364 g/mol. The maximum absolute atomic E-state index is 13.2. The minimum atomic E-state index is -0.218. The summed E-state index contributed by atoms with van der Waals surface area (Å²) >= 11 is 0. The first kappa shape index (κ1) is 18.2. The van der Waals surface area contributed by atoms with Crippen molar-refractivity contribution in [3.63, 3.8) is 0 Å². The van der Waals surface area contributed by atoms with Crippen LogP contribution in [0.25, 0.3) is 0 Å². The van der Waals surface area contributed by atoms with Crippen molar-refractivity contribution in [2.45, 2.75) is 66.2 Å². The Morgan fingerprint density at radius 2 is 1.22 bits per heavy atom. The van der Waals surface area contributed by atoms with Gasteiger partial charge in [-0.3, -0.25) is 9.59 Å². The fourth-order valence-electron chi connectivity index (χ4n) is 4.98. The number of carbonyl (C=O) groups is 2. The molecule has 0 amide bonds. The molecule has 1 aliphatic heterocycles. The lowest BCUT2D eigenvalue weighted by atomic mass is 9.64. The summed E-state index contributed by atoms with van der Waals surface area (Å²) in [4.78, 5) is 26.3. The Kier molecular flexibility index (Phi) is 3.99. The molecule has 0 spiro atoms. The average Bonchev–Trinajstić information content (AvgIpc) is 2.51. The van der Waals surface area contributed by atoms with Crippen molar-refractivity contribution in [3.8, 4) is 0 Å². The van der Waals surface area contributed by atoms with Crippen molar-refractivity contribution >= 4 is 11.6 Å². The second-order valence-electron chi connectivity index (χ2n) is 10.1. The Morgan fingerprint density at radius 3 is 1.67 bits per heavy atom. The normalized spacial score (nSPS) is 24.5. The van der Waals surface area contributed by atoms with Crippen LogP contribution in [0.3, 0.4) is 0 Å². The van der Waals surface area contributed by atoms with Gasteiger partial charge in [0.2, 0.25) is 0 Å². The largest absolute Gasteiger partial charge is 0.362 e. The van der Waals surface area contributed by atoms with Crippen molar-refractivity contribution in [2.24, 2.45) is 10.8 Å². The Balaban J connectivity index is 1.90. The number of hydrogen-bond acceptors (Lipinski definition) is 3. The lowest BCUT2D eigenvalue weighted by molar-refractivity contribution is -0.119. The van der Waals surface area contributed by atoms with E-state index in [9.17, 15) is 9.59 Å². The second-order valence-corrected chi connectivity index (χ2v) is 10.1. The smallest absolute Gasteiger partial charge is 0.162 e. The number of rotatable bonds is 1. The zero-order valence-electron chi connectivity index (χ0n) is 17.0. The molecule has 1 N–H and O–H groups in total. The number of hydrogen-bond donors (Lipinski definition) is 1. The van der Waals surface area contributed by atoms with Crippen LogP contribution in [0, 0.1) is 17.8 Å². The summed E-state index contributed by atoms with van der Waals surface area (Å²) in [5.41, 5.74) is 5.86. The number of carbonyl (C=O) groups excluding carboxylic acids is 2. The van der Waals surface area contributed by atoms with Gasteiger partial charge >= 0.3 is 0 Å².